The molecule has 1 heterocycles. The first-order valence-electron chi connectivity index (χ1n) is 5.09. The second-order valence-electron chi connectivity index (χ2n) is 3.78. The maximum atomic E-state index is 11.4. The van der Waals surface area contributed by atoms with Gasteiger partial charge in [0.2, 0.25) is 10.0 Å². The first-order chi connectivity index (χ1) is 7.43. The molecule has 0 fully saturated rings. The average molecular weight is 263 g/mol. The molecule has 0 aliphatic rings. The molecule has 0 saturated heterocycles. The van der Waals surface area contributed by atoms with Crippen molar-refractivity contribution in [3.05, 3.63) is 21.9 Å². The minimum Gasteiger partial charge on any atom is -0.395 e. The summed E-state index contributed by atoms with van der Waals surface area (Å²) < 4.78 is 25.3. The number of thiophene rings is 1. The largest absolute Gasteiger partial charge is 0.395 e. The minimum absolute atomic E-state index is 0.144. The summed E-state index contributed by atoms with van der Waals surface area (Å²) in [7, 11) is -3.34. The van der Waals surface area contributed by atoms with Crippen LogP contribution in [-0.4, -0.2) is 31.9 Å². The Morgan fingerprint density at radius 3 is 2.69 bits per heavy atom. The van der Waals surface area contributed by atoms with Gasteiger partial charge >= 0.3 is 0 Å². The lowest BCUT2D eigenvalue weighted by molar-refractivity contribution is 0.319. The Bertz CT molecular complexity index is 425. The van der Waals surface area contributed by atoms with Gasteiger partial charge in [-0.05, 0) is 32.4 Å². The predicted octanol–water partition coefficient (Wildman–Crippen LogP) is 0.899. The Kier molecular flexibility index (Phi) is 4.91. The molecule has 1 unspecified atom stereocenters. The van der Waals surface area contributed by atoms with E-state index in [9.17, 15) is 8.42 Å². The van der Waals surface area contributed by atoms with Gasteiger partial charge in [0.15, 0.2) is 0 Å². The molecule has 1 atom stereocenters. The van der Waals surface area contributed by atoms with Crippen LogP contribution in [0.25, 0.3) is 0 Å². The van der Waals surface area contributed by atoms with E-state index in [0.717, 1.165) is 4.88 Å². The average Bonchev–Trinajstić information content (AvgIpc) is 2.49. The van der Waals surface area contributed by atoms with Gasteiger partial charge in [-0.1, -0.05) is 0 Å². The molecule has 16 heavy (non-hydrogen) atoms. The van der Waals surface area contributed by atoms with E-state index < -0.39 is 10.0 Å². The second-order valence-corrected chi connectivity index (χ2v) is 7.02. The van der Waals surface area contributed by atoms with Crippen LogP contribution < -0.4 is 4.72 Å². The van der Waals surface area contributed by atoms with Crippen molar-refractivity contribution < 1.29 is 13.5 Å². The third kappa shape index (κ3) is 4.61. The molecule has 0 bridgehead atoms. The quantitative estimate of drug-likeness (QED) is 0.801. The normalized spacial score (nSPS) is 13.9. The molecule has 92 valence electrons. The molecule has 6 heteroatoms. The van der Waals surface area contributed by atoms with E-state index in [4.69, 9.17) is 5.11 Å². The predicted molar refractivity (Wildman–Crippen MR) is 66.2 cm³/mol. The van der Waals surface area contributed by atoms with E-state index in [1.807, 2.05) is 26.0 Å². The molecule has 2 N–H and O–H groups in total. The lowest BCUT2D eigenvalue weighted by Gasteiger charge is -2.12. The summed E-state index contributed by atoms with van der Waals surface area (Å²) in [5, 5.41) is 8.59. The number of hydrogen-bond acceptors (Lipinski definition) is 4. The minimum atomic E-state index is -3.34. The van der Waals surface area contributed by atoms with Gasteiger partial charge in [0.25, 0.3) is 0 Å². The summed E-state index contributed by atoms with van der Waals surface area (Å²) in [6.07, 6.45) is 0.684. The maximum absolute atomic E-state index is 11.4. The maximum Gasteiger partial charge on any atom is 0.214 e. The number of aliphatic hydroxyl groups excluding tert-OH is 1. The Labute approximate surface area is 100 Å². The van der Waals surface area contributed by atoms with E-state index in [2.05, 4.69) is 4.72 Å². The monoisotopic (exact) mass is 263 g/mol. The number of rotatable bonds is 6. The molecule has 1 rings (SSSR count). The molecule has 0 aliphatic carbocycles. The summed E-state index contributed by atoms with van der Waals surface area (Å²) >= 11 is 1.67. The van der Waals surface area contributed by atoms with Crippen molar-refractivity contribution >= 4 is 21.4 Å². The van der Waals surface area contributed by atoms with Gasteiger partial charge in [0.05, 0.1) is 12.4 Å². The highest BCUT2D eigenvalue weighted by molar-refractivity contribution is 7.89. The molecule has 0 spiro atoms. The topological polar surface area (TPSA) is 66.4 Å². The van der Waals surface area contributed by atoms with E-state index >= 15 is 0 Å². The summed E-state index contributed by atoms with van der Waals surface area (Å²) in [5.74, 6) is -0.235. The van der Waals surface area contributed by atoms with Gasteiger partial charge in [0, 0.05) is 15.8 Å². The van der Waals surface area contributed by atoms with E-state index in [1.54, 1.807) is 11.3 Å². The van der Waals surface area contributed by atoms with Crippen LogP contribution in [-0.2, 0) is 16.4 Å². The fourth-order valence-corrected chi connectivity index (χ4v) is 3.50. The Morgan fingerprint density at radius 2 is 2.19 bits per heavy atom. The summed E-state index contributed by atoms with van der Waals surface area (Å²) in [5.41, 5.74) is 0. The zero-order valence-corrected chi connectivity index (χ0v) is 11.1. The molecule has 4 nitrogen and oxygen atoms in total. The molecule has 0 aromatic carbocycles. The van der Waals surface area contributed by atoms with Gasteiger partial charge in [-0.25, -0.2) is 13.1 Å². The second kappa shape index (κ2) is 5.77. The van der Waals surface area contributed by atoms with E-state index in [1.165, 1.54) is 4.88 Å². The van der Waals surface area contributed by atoms with Crippen molar-refractivity contribution in [2.45, 2.75) is 26.3 Å². The fourth-order valence-electron chi connectivity index (χ4n) is 1.42. The molecular formula is C10H17NO3S2. The molecule has 0 aliphatic heterocycles. The highest BCUT2D eigenvalue weighted by atomic mass is 32.2. The number of sulfonamides is 1. The lowest BCUT2D eigenvalue weighted by Crippen LogP contribution is -2.36. The van der Waals surface area contributed by atoms with Crippen LogP contribution in [0.2, 0.25) is 0 Å². The summed E-state index contributed by atoms with van der Waals surface area (Å²) in [6.45, 7) is 3.50. The fraction of sp³-hybridized carbons (Fsp3) is 0.600. The number of aryl methyl sites for hydroxylation is 1. The van der Waals surface area contributed by atoms with Crippen LogP contribution in [0.3, 0.4) is 0 Å². The van der Waals surface area contributed by atoms with E-state index in [-0.39, 0.29) is 18.4 Å². The van der Waals surface area contributed by atoms with Crippen molar-refractivity contribution in [1.82, 2.24) is 4.72 Å². The molecule has 1 aromatic rings. The van der Waals surface area contributed by atoms with Crippen LogP contribution >= 0.6 is 11.3 Å². The highest BCUT2D eigenvalue weighted by Gasteiger charge is 2.14. The van der Waals surface area contributed by atoms with Crippen LogP contribution in [0.1, 0.15) is 16.7 Å². The standard InChI is InChI=1S/C10H17NO3S2/c1-8(11-16(13,14)6-5-12)7-10-4-3-9(2)15-10/h3-4,8,11-12H,5-7H2,1-2H3. The summed E-state index contributed by atoms with van der Waals surface area (Å²) in [6, 6.07) is 3.89. The van der Waals surface area contributed by atoms with Crippen LogP contribution in [0.5, 0.6) is 0 Å². The van der Waals surface area contributed by atoms with Gasteiger partial charge in [-0.2, -0.15) is 0 Å². The Morgan fingerprint density at radius 1 is 1.50 bits per heavy atom. The zero-order valence-electron chi connectivity index (χ0n) is 9.43. The molecular weight excluding hydrogens is 246 g/mol. The summed E-state index contributed by atoms with van der Waals surface area (Å²) in [4.78, 5) is 2.39. The van der Waals surface area contributed by atoms with E-state index in [0.29, 0.717) is 6.42 Å². The Hall–Kier alpha value is -0.430. The van der Waals surface area contributed by atoms with Crippen molar-refractivity contribution in [3.8, 4) is 0 Å². The molecule has 1 aromatic heterocycles. The molecule has 0 radical (unpaired) electrons. The zero-order chi connectivity index (χ0) is 12.2. The van der Waals surface area contributed by atoms with Crippen molar-refractivity contribution in [1.29, 1.82) is 0 Å². The van der Waals surface area contributed by atoms with Crippen LogP contribution in [0.15, 0.2) is 12.1 Å². The van der Waals surface area contributed by atoms with Gasteiger partial charge in [-0.15, -0.1) is 11.3 Å². The smallest absolute Gasteiger partial charge is 0.214 e. The number of nitrogens with one attached hydrogen (secondary N) is 1. The first kappa shape index (κ1) is 13.6. The van der Waals surface area contributed by atoms with Gasteiger partial charge in [-0.3, -0.25) is 0 Å². The third-order valence-corrected chi connectivity index (χ3v) is 4.55. The van der Waals surface area contributed by atoms with Gasteiger partial charge < -0.3 is 5.11 Å². The SMILES string of the molecule is Cc1ccc(CC(C)NS(=O)(=O)CCO)s1. The Balaban J connectivity index is 2.50. The van der Waals surface area contributed by atoms with Crippen molar-refractivity contribution in [2.75, 3.05) is 12.4 Å². The van der Waals surface area contributed by atoms with Crippen LogP contribution in [0.4, 0.5) is 0 Å². The number of hydrogen-bond donors (Lipinski definition) is 2. The first-order valence-corrected chi connectivity index (χ1v) is 7.56. The molecule has 0 amide bonds. The van der Waals surface area contributed by atoms with Crippen LogP contribution in [0, 0.1) is 6.92 Å². The third-order valence-electron chi connectivity index (χ3n) is 2.04. The van der Waals surface area contributed by atoms with Crippen molar-refractivity contribution in [2.24, 2.45) is 0 Å². The van der Waals surface area contributed by atoms with Crippen molar-refractivity contribution in [3.63, 3.8) is 0 Å². The number of aliphatic hydroxyl groups is 1. The van der Waals surface area contributed by atoms with Gasteiger partial charge in [0.1, 0.15) is 0 Å². The molecule has 0 saturated carbocycles. The highest BCUT2D eigenvalue weighted by Crippen LogP contribution is 2.16. The lowest BCUT2D eigenvalue weighted by atomic mass is 10.2.